The molecule has 5 nitrogen and oxygen atoms in total. The average Bonchev–Trinajstić information content (AvgIpc) is 2.74. The summed E-state index contributed by atoms with van der Waals surface area (Å²) < 4.78 is 11.3. The molecule has 6 heteroatoms. The zero-order valence-corrected chi connectivity index (χ0v) is 17.5. The second kappa shape index (κ2) is 10.6. The topological polar surface area (TPSA) is 59.0 Å². The Morgan fingerprint density at radius 2 is 1.79 bits per heavy atom. The molecule has 1 fully saturated rings. The van der Waals surface area contributed by atoms with Crippen LogP contribution in [0.25, 0.3) is 0 Å². The molecule has 2 aromatic rings. The van der Waals surface area contributed by atoms with Crippen LogP contribution in [0.4, 0.5) is 5.69 Å². The standard InChI is InChI=1S/C23H28ClNO4/c1-2-29-22(16-23(26)27)21(15-17-3-7-19(24)8-4-17)18-5-9-20(10-6-18)25-11-13-28-14-12-25/h3-10,21-22H,2,11-16H2,1H3,(H,26,27)/t21-,22-/m1/s1. The fourth-order valence-electron chi connectivity index (χ4n) is 3.80. The maximum absolute atomic E-state index is 11.5. The van der Waals surface area contributed by atoms with E-state index in [4.69, 9.17) is 21.1 Å². The van der Waals surface area contributed by atoms with Gasteiger partial charge in [0.1, 0.15) is 0 Å². The molecule has 0 unspecified atom stereocenters. The number of aliphatic carboxylic acids is 1. The number of carboxylic acid groups (broad SMARTS) is 1. The highest BCUT2D eigenvalue weighted by atomic mass is 35.5. The summed E-state index contributed by atoms with van der Waals surface area (Å²) in [5.74, 6) is -0.916. The maximum atomic E-state index is 11.5. The Labute approximate surface area is 177 Å². The van der Waals surface area contributed by atoms with Crippen LogP contribution >= 0.6 is 11.6 Å². The Morgan fingerprint density at radius 1 is 1.14 bits per heavy atom. The highest BCUT2D eigenvalue weighted by molar-refractivity contribution is 6.30. The van der Waals surface area contributed by atoms with Gasteiger partial charge in [-0.05, 0) is 48.7 Å². The molecule has 0 radical (unpaired) electrons. The van der Waals surface area contributed by atoms with E-state index in [0.29, 0.717) is 18.1 Å². The van der Waals surface area contributed by atoms with Crippen molar-refractivity contribution in [3.05, 3.63) is 64.7 Å². The van der Waals surface area contributed by atoms with Crippen LogP contribution in [0, 0.1) is 0 Å². The number of halogens is 1. The normalized spacial score (nSPS) is 16.4. The summed E-state index contributed by atoms with van der Waals surface area (Å²) in [7, 11) is 0. The van der Waals surface area contributed by atoms with Crippen molar-refractivity contribution >= 4 is 23.3 Å². The summed E-state index contributed by atoms with van der Waals surface area (Å²) in [4.78, 5) is 13.8. The maximum Gasteiger partial charge on any atom is 0.306 e. The van der Waals surface area contributed by atoms with Crippen LogP contribution in [0.3, 0.4) is 0 Å². The number of carboxylic acids is 1. The lowest BCUT2D eigenvalue weighted by Crippen LogP contribution is -2.36. The number of benzene rings is 2. The first-order chi connectivity index (χ1) is 14.1. The van der Waals surface area contributed by atoms with Crippen molar-refractivity contribution in [1.82, 2.24) is 0 Å². The van der Waals surface area contributed by atoms with Gasteiger partial charge >= 0.3 is 5.97 Å². The van der Waals surface area contributed by atoms with Gasteiger partial charge in [0.05, 0.1) is 25.7 Å². The quantitative estimate of drug-likeness (QED) is 0.656. The van der Waals surface area contributed by atoms with E-state index < -0.39 is 12.1 Å². The Kier molecular flexibility index (Phi) is 7.92. The molecule has 2 aromatic carbocycles. The summed E-state index contributed by atoms with van der Waals surface area (Å²) >= 11 is 6.02. The predicted molar refractivity (Wildman–Crippen MR) is 115 cm³/mol. The predicted octanol–water partition coefficient (Wildman–Crippen LogP) is 4.38. The van der Waals surface area contributed by atoms with Crippen molar-refractivity contribution in [2.75, 3.05) is 37.8 Å². The molecule has 1 aliphatic heterocycles. The monoisotopic (exact) mass is 417 g/mol. The van der Waals surface area contributed by atoms with E-state index in [1.54, 1.807) is 0 Å². The van der Waals surface area contributed by atoms with Crippen LogP contribution in [-0.2, 0) is 20.7 Å². The molecule has 0 aromatic heterocycles. The first kappa shape index (κ1) is 21.6. The van der Waals surface area contributed by atoms with E-state index >= 15 is 0 Å². The van der Waals surface area contributed by atoms with Gasteiger partial charge < -0.3 is 19.5 Å². The number of anilines is 1. The Hall–Kier alpha value is -2.08. The number of hydrogen-bond donors (Lipinski definition) is 1. The summed E-state index contributed by atoms with van der Waals surface area (Å²) in [5, 5.41) is 10.1. The molecule has 0 amide bonds. The van der Waals surface area contributed by atoms with Crippen LogP contribution in [0.5, 0.6) is 0 Å². The van der Waals surface area contributed by atoms with E-state index in [9.17, 15) is 9.90 Å². The van der Waals surface area contributed by atoms with Crippen LogP contribution < -0.4 is 4.90 Å². The van der Waals surface area contributed by atoms with Crippen molar-refractivity contribution in [3.8, 4) is 0 Å². The van der Waals surface area contributed by atoms with Gasteiger partial charge in [0, 0.05) is 36.3 Å². The van der Waals surface area contributed by atoms with Gasteiger partial charge in [-0.1, -0.05) is 35.9 Å². The molecule has 0 saturated carbocycles. The number of hydrogen-bond acceptors (Lipinski definition) is 4. The minimum absolute atomic E-state index is 0.0304. The van der Waals surface area contributed by atoms with Gasteiger partial charge in [-0.3, -0.25) is 4.79 Å². The van der Waals surface area contributed by atoms with Gasteiger partial charge in [0.2, 0.25) is 0 Å². The fourth-order valence-corrected chi connectivity index (χ4v) is 3.92. The molecule has 1 N–H and O–H groups in total. The Morgan fingerprint density at radius 3 is 2.38 bits per heavy atom. The highest BCUT2D eigenvalue weighted by Crippen LogP contribution is 2.31. The molecule has 0 bridgehead atoms. The molecule has 0 aliphatic carbocycles. The number of morpholine rings is 1. The van der Waals surface area contributed by atoms with Gasteiger partial charge in [-0.15, -0.1) is 0 Å². The molecule has 1 heterocycles. The van der Waals surface area contributed by atoms with E-state index in [1.165, 1.54) is 0 Å². The molecular weight excluding hydrogens is 390 g/mol. The number of nitrogens with zero attached hydrogens (tertiary/aromatic N) is 1. The van der Waals surface area contributed by atoms with Crippen molar-refractivity contribution < 1.29 is 19.4 Å². The summed E-state index contributed by atoms with van der Waals surface area (Å²) in [6.07, 6.45) is 0.256. The SMILES string of the molecule is CCO[C@H](CC(=O)O)[C@H](Cc1ccc(Cl)cc1)c1ccc(N2CCOCC2)cc1. The lowest BCUT2D eigenvalue weighted by Gasteiger charge is -2.30. The number of carbonyl (C=O) groups is 1. The smallest absolute Gasteiger partial charge is 0.306 e. The molecule has 156 valence electrons. The molecule has 1 aliphatic rings. The lowest BCUT2D eigenvalue weighted by molar-refractivity contribution is -0.140. The third kappa shape index (κ3) is 6.20. The average molecular weight is 418 g/mol. The Balaban J connectivity index is 1.85. The van der Waals surface area contributed by atoms with Crippen molar-refractivity contribution in [2.45, 2.75) is 31.8 Å². The third-order valence-corrected chi connectivity index (χ3v) is 5.52. The Bertz CT molecular complexity index is 772. The lowest BCUT2D eigenvalue weighted by atomic mass is 9.85. The van der Waals surface area contributed by atoms with E-state index in [1.807, 2.05) is 31.2 Å². The molecule has 2 atom stereocenters. The summed E-state index contributed by atoms with van der Waals surface area (Å²) in [5.41, 5.74) is 3.34. The van der Waals surface area contributed by atoms with Crippen molar-refractivity contribution in [1.29, 1.82) is 0 Å². The zero-order valence-electron chi connectivity index (χ0n) is 16.7. The van der Waals surface area contributed by atoms with Crippen molar-refractivity contribution in [3.63, 3.8) is 0 Å². The molecule has 3 rings (SSSR count). The van der Waals surface area contributed by atoms with Crippen LogP contribution in [0.2, 0.25) is 5.02 Å². The van der Waals surface area contributed by atoms with Crippen LogP contribution in [-0.4, -0.2) is 50.1 Å². The minimum Gasteiger partial charge on any atom is -0.481 e. The second-order valence-electron chi connectivity index (χ2n) is 7.22. The van der Waals surface area contributed by atoms with Crippen LogP contribution in [0.1, 0.15) is 30.4 Å². The first-order valence-electron chi connectivity index (χ1n) is 10.1. The molecular formula is C23H28ClNO4. The number of ether oxygens (including phenoxy) is 2. The van der Waals surface area contributed by atoms with E-state index in [-0.39, 0.29) is 12.3 Å². The van der Waals surface area contributed by atoms with Crippen LogP contribution in [0.15, 0.2) is 48.5 Å². The summed E-state index contributed by atoms with van der Waals surface area (Å²) in [6.45, 7) is 5.62. The summed E-state index contributed by atoms with van der Waals surface area (Å²) in [6, 6.07) is 16.1. The van der Waals surface area contributed by atoms with Gasteiger partial charge in [0.15, 0.2) is 0 Å². The van der Waals surface area contributed by atoms with Gasteiger partial charge in [-0.25, -0.2) is 0 Å². The van der Waals surface area contributed by atoms with Gasteiger partial charge in [0.25, 0.3) is 0 Å². The van der Waals surface area contributed by atoms with E-state index in [0.717, 1.165) is 43.1 Å². The third-order valence-electron chi connectivity index (χ3n) is 5.27. The minimum atomic E-state index is -0.852. The van der Waals surface area contributed by atoms with Gasteiger partial charge in [-0.2, -0.15) is 0 Å². The van der Waals surface area contributed by atoms with Crippen molar-refractivity contribution in [2.24, 2.45) is 0 Å². The second-order valence-corrected chi connectivity index (χ2v) is 7.66. The number of rotatable bonds is 9. The highest BCUT2D eigenvalue weighted by Gasteiger charge is 2.27. The zero-order chi connectivity index (χ0) is 20.6. The molecule has 1 saturated heterocycles. The largest absolute Gasteiger partial charge is 0.481 e. The van der Waals surface area contributed by atoms with E-state index in [2.05, 4.69) is 29.2 Å². The fraction of sp³-hybridized carbons (Fsp3) is 0.435. The molecule has 0 spiro atoms. The molecule has 29 heavy (non-hydrogen) atoms. The first-order valence-corrected chi connectivity index (χ1v) is 10.4.